The highest BCUT2D eigenvalue weighted by molar-refractivity contribution is 5.96. The van der Waals surface area contributed by atoms with Gasteiger partial charge in [0.15, 0.2) is 0 Å². The summed E-state index contributed by atoms with van der Waals surface area (Å²) < 4.78 is 4.86. The summed E-state index contributed by atoms with van der Waals surface area (Å²) in [7, 11) is 1.38. The number of hydrogen-bond donors (Lipinski definition) is 2. The quantitative estimate of drug-likeness (QED) is 0.663. The van der Waals surface area contributed by atoms with Crippen LogP contribution in [0.1, 0.15) is 28.7 Å². The molecule has 0 radical (unpaired) electrons. The van der Waals surface area contributed by atoms with Crippen molar-refractivity contribution >= 4 is 34.8 Å². The van der Waals surface area contributed by atoms with Crippen LogP contribution in [0.2, 0.25) is 0 Å². The van der Waals surface area contributed by atoms with Crippen LogP contribution in [0.5, 0.6) is 0 Å². The minimum atomic E-state index is -0.316. The van der Waals surface area contributed by atoms with E-state index in [-0.39, 0.29) is 36.3 Å². The molecule has 178 valence electrons. The van der Waals surface area contributed by atoms with Gasteiger partial charge in [0.25, 0.3) is 0 Å². The number of nitrogens with one attached hydrogen (secondary N) is 2. The molecule has 2 N–H and O–H groups in total. The number of benzene rings is 2. The molecule has 1 spiro atoms. The van der Waals surface area contributed by atoms with Crippen LogP contribution in [0.15, 0.2) is 30.3 Å². The van der Waals surface area contributed by atoms with Crippen molar-refractivity contribution in [3.05, 3.63) is 52.6 Å². The summed E-state index contributed by atoms with van der Waals surface area (Å²) in [6.07, 6.45) is 2.34. The number of nitrogens with zero attached hydrogens (tertiary/aromatic N) is 2. The predicted octanol–water partition coefficient (Wildman–Crippen LogP) is 2.30. The molecular weight excluding hydrogens is 432 g/mol. The Hall–Kier alpha value is -3.55. The van der Waals surface area contributed by atoms with E-state index in [0.29, 0.717) is 6.67 Å². The second-order valence-corrected chi connectivity index (χ2v) is 9.73. The molecule has 1 aliphatic carbocycles. The van der Waals surface area contributed by atoms with Gasteiger partial charge < -0.3 is 25.2 Å². The molecule has 0 aromatic heterocycles. The number of rotatable bonds is 5. The van der Waals surface area contributed by atoms with E-state index in [4.69, 9.17) is 4.74 Å². The summed E-state index contributed by atoms with van der Waals surface area (Å²) in [6.45, 7) is 5.50. The Morgan fingerprint density at radius 2 is 1.88 bits per heavy atom. The highest BCUT2D eigenvalue weighted by Crippen LogP contribution is 2.43. The fraction of sp³-hybridized carbons (Fsp3) is 0.423. The van der Waals surface area contributed by atoms with E-state index in [9.17, 15) is 14.4 Å². The van der Waals surface area contributed by atoms with E-state index >= 15 is 0 Å². The molecule has 8 heteroatoms. The summed E-state index contributed by atoms with van der Waals surface area (Å²) in [5.74, 6) is -0.301. The van der Waals surface area contributed by atoms with Crippen LogP contribution in [0.25, 0.3) is 0 Å². The zero-order valence-corrected chi connectivity index (χ0v) is 19.9. The van der Waals surface area contributed by atoms with E-state index in [0.717, 1.165) is 59.6 Å². The van der Waals surface area contributed by atoms with Crippen LogP contribution in [0.4, 0.5) is 17.1 Å². The molecule has 2 heterocycles. The number of hydrogen-bond acceptors (Lipinski definition) is 6. The molecule has 8 nitrogen and oxygen atoms in total. The van der Waals surface area contributed by atoms with Gasteiger partial charge >= 0.3 is 5.97 Å². The van der Waals surface area contributed by atoms with Gasteiger partial charge in [-0.05, 0) is 73.6 Å². The number of esters is 1. The highest BCUT2D eigenvalue weighted by atomic mass is 16.5. The standard InChI is InChI=1S/C26H30N4O4/c1-16-8-17(2)24-21(9-16)29(15-30(24)14-23(32)34-3)13-22(31)28-20-5-4-18-11-26(12-19(18)10-20)6-7-27-25(26)33/h4-5,8-10H,6-7,11-15H2,1-3H3,(H,27,33)(H,28,31). The first-order chi connectivity index (χ1) is 16.3. The lowest BCUT2D eigenvalue weighted by Crippen LogP contribution is -2.38. The smallest absolute Gasteiger partial charge is 0.325 e. The molecule has 0 bridgehead atoms. The Morgan fingerprint density at radius 3 is 2.62 bits per heavy atom. The van der Waals surface area contributed by atoms with Crippen LogP contribution in [0, 0.1) is 19.3 Å². The molecule has 34 heavy (non-hydrogen) atoms. The number of anilines is 3. The lowest BCUT2D eigenvalue weighted by molar-refractivity contribution is -0.139. The summed E-state index contributed by atoms with van der Waals surface area (Å²) in [5, 5.41) is 5.99. The Bertz CT molecular complexity index is 1190. The molecule has 0 saturated carbocycles. The van der Waals surface area contributed by atoms with Crippen molar-refractivity contribution in [3.8, 4) is 0 Å². The fourth-order valence-corrected chi connectivity index (χ4v) is 5.69. The molecule has 1 saturated heterocycles. The minimum absolute atomic E-state index is 0.128. The fourth-order valence-electron chi connectivity index (χ4n) is 5.69. The second-order valence-electron chi connectivity index (χ2n) is 9.73. The first-order valence-corrected chi connectivity index (χ1v) is 11.7. The number of carbonyl (C=O) groups is 3. The molecule has 1 fully saturated rings. The SMILES string of the molecule is COC(=O)CN1CN(CC(=O)Nc2ccc3c(c2)CC2(CCNC2=O)C3)c2cc(C)cc(C)c21. The summed E-state index contributed by atoms with van der Waals surface area (Å²) in [6, 6.07) is 10.1. The van der Waals surface area contributed by atoms with Crippen LogP contribution < -0.4 is 20.4 Å². The Balaban J connectivity index is 1.30. The number of aryl methyl sites for hydroxylation is 2. The van der Waals surface area contributed by atoms with Crippen LogP contribution >= 0.6 is 0 Å². The number of amides is 2. The highest BCUT2D eigenvalue weighted by Gasteiger charge is 2.46. The molecule has 2 aromatic carbocycles. The Labute approximate surface area is 199 Å². The van der Waals surface area contributed by atoms with Crippen molar-refractivity contribution in [2.45, 2.75) is 33.1 Å². The molecule has 5 rings (SSSR count). The lowest BCUT2D eigenvalue weighted by atomic mass is 9.83. The normalized spacial score (nSPS) is 20.4. The van der Waals surface area contributed by atoms with Crippen LogP contribution in [0.3, 0.4) is 0 Å². The first kappa shape index (κ1) is 22.3. The van der Waals surface area contributed by atoms with Crippen LogP contribution in [-0.2, 0) is 32.0 Å². The Morgan fingerprint density at radius 1 is 1.09 bits per heavy atom. The lowest BCUT2D eigenvalue weighted by Gasteiger charge is -2.21. The van der Waals surface area contributed by atoms with Gasteiger partial charge in [0.1, 0.15) is 6.54 Å². The maximum Gasteiger partial charge on any atom is 0.325 e. The largest absolute Gasteiger partial charge is 0.468 e. The molecule has 1 unspecified atom stereocenters. The first-order valence-electron chi connectivity index (χ1n) is 11.7. The predicted molar refractivity (Wildman–Crippen MR) is 130 cm³/mol. The van der Waals surface area contributed by atoms with E-state index in [1.165, 1.54) is 12.7 Å². The van der Waals surface area contributed by atoms with Gasteiger partial charge in [-0.15, -0.1) is 0 Å². The van der Waals surface area contributed by atoms with Gasteiger partial charge in [-0.1, -0.05) is 12.1 Å². The van der Waals surface area contributed by atoms with Crippen molar-refractivity contribution < 1.29 is 19.1 Å². The number of ether oxygens (including phenoxy) is 1. The number of carbonyl (C=O) groups excluding carboxylic acids is 3. The van der Waals surface area contributed by atoms with Crippen molar-refractivity contribution in [1.82, 2.24) is 5.32 Å². The third kappa shape index (κ3) is 3.87. The van der Waals surface area contributed by atoms with Gasteiger partial charge in [-0.2, -0.15) is 0 Å². The summed E-state index contributed by atoms with van der Waals surface area (Å²) in [4.78, 5) is 41.3. The van der Waals surface area contributed by atoms with Gasteiger partial charge in [0.2, 0.25) is 11.8 Å². The van der Waals surface area contributed by atoms with Gasteiger partial charge in [0, 0.05) is 12.2 Å². The van der Waals surface area contributed by atoms with E-state index in [2.05, 4.69) is 16.7 Å². The van der Waals surface area contributed by atoms with Crippen molar-refractivity contribution in [3.63, 3.8) is 0 Å². The van der Waals surface area contributed by atoms with Gasteiger partial charge in [0.05, 0.1) is 37.1 Å². The zero-order chi connectivity index (χ0) is 24.0. The topological polar surface area (TPSA) is 91.0 Å². The van der Waals surface area contributed by atoms with Crippen molar-refractivity contribution in [2.75, 3.05) is 48.5 Å². The van der Waals surface area contributed by atoms with Crippen molar-refractivity contribution in [1.29, 1.82) is 0 Å². The zero-order valence-electron chi connectivity index (χ0n) is 19.9. The minimum Gasteiger partial charge on any atom is -0.468 e. The second kappa shape index (κ2) is 8.34. The maximum atomic E-state index is 13.0. The number of fused-ring (bicyclic) bond motifs is 2. The average Bonchev–Trinajstić information content (AvgIpc) is 3.43. The van der Waals surface area contributed by atoms with Crippen LogP contribution in [-0.4, -0.2) is 51.2 Å². The molecule has 1 atom stereocenters. The van der Waals surface area contributed by atoms with Gasteiger partial charge in [-0.3, -0.25) is 14.4 Å². The van der Waals surface area contributed by atoms with Gasteiger partial charge in [-0.25, -0.2) is 0 Å². The third-order valence-electron chi connectivity index (χ3n) is 7.22. The molecular formula is C26H30N4O4. The average molecular weight is 463 g/mol. The molecule has 3 aliphatic rings. The maximum absolute atomic E-state index is 13.0. The summed E-state index contributed by atoms with van der Waals surface area (Å²) >= 11 is 0. The molecule has 2 amide bonds. The van der Waals surface area contributed by atoms with E-state index in [1.807, 2.05) is 47.9 Å². The Kier molecular flexibility index (Phi) is 5.46. The number of methoxy groups -OCH3 is 1. The summed E-state index contributed by atoms with van der Waals surface area (Å²) in [5.41, 5.74) is 6.81. The molecule has 2 aromatic rings. The monoisotopic (exact) mass is 462 g/mol. The van der Waals surface area contributed by atoms with E-state index < -0.39 is 0 Å². The van der Waals surface area contributed by atoms with E-state index in [1.54, 1.807) is 0 Å². The third-order valence-corrected chi connectivity index (χ3v) is 7.22. The van der Waals surface area contributed by atoms with Crippen molar-refractivity contribution in [2.24, 2.45) is 5.41 Å². The molecule has 2 aliphatic heterocycles.